The quantitative estimate of drug-likeness (QED) is 0.630. The number of hydrogen-bond acceptors (Lipinski definition) is 6. The Morgan fingerprint density at radius 2 is 2.04 bits per heavy atom. The van der Waals surface area contributed by atoms with Crippen molar-refractivity contribution in [2.75, 3.05) is 24.7 Å². The van der Waals surface area contributed by atoms with E-state index in [1.54, 1.807) is 6.92 Å². The van der Waals surface area contributed by atoms with Gasteiger partial charge in [0.05, 0.1) is 22.9 Å². The van der Waals surface area contributed by atoms with Gasteiger partial charge in [0, 0.05) is 23.3 Å². The number of nitro groups is 1. The first-order valence-electron chi connectivity index (χ1n) is 8.61. The van der Waals surface area contributed by atoms with Crippen molar-refractivity contribution in [2.24, 2.45) is 4.99 Å². The molecular weight excluding hydrogens is 364 g/mol. The number of alkyl carbamates (subject to hydrolysis) is 1. The molecule has 0 radical (unpaired) electrons. The van der Waals surface area contributed by atoms with Crippen molar-refractivity contribution in [3.63, 3.8) is 0 Å². The molecular formula is C19H18N4O5. The van der Waals surface area contributed by atoms with Crippen molar-refractivity contribution in [3.8, 4) is 0 Å². The smallest absolute Gasteiger partial charge is 0.408 e. The van der Waals surface area contributed by atoms with Crippen molar-refractivity contribution in [1.82, 2.24) is 5.32 Å². The minimum atomic E-state index is -0.660. The van der Waals surface area contributed by atoms with E-state index in [0.717, 1.165) is 5.56 Å². The average molecular weight is 382 g/mol. The monoisotopic (exact) mass is 382 g/mol. The zero-order valence-electron chi connectivity index (χ0n) is 15.1. The van der Waals surface area contributed by atoms with Gasteiger partial charge in [-0.15, -0.1) is 0 Å². The van der Waals surface area contributed by atoms with Gasteiger partial charge in [0.1, 0.15) is 13.2 Å². The number of anilines is 1. The summed E-state index contributed by atoms with van der Waals surface area (Å²) in [5.41, 5.74) is 1.96. The molecule has 2 aromatic carbocycles. The molecule has 9 heteroatoms. The molecule has 2 aromatic rings. The topological polar surface area (TPSA) is 114 Å². The summed E-state index contributed by atoms with van der Waals surface area (Å²) in [4.78, 5) is 40.7. The van der Waals surface area contributed by atoms with Gasteiger partial charge in [-0.1, -0.05) is 30.3 Å². The average Bonchev–Trinajstić information content (AvgIpc) is 2.83. The van der Waals surface area contributed by atoms with Gasteiger partial charge in [-0.3, -0.25) is 24.8 Å². The highest BCUT2D eigenvalue weighted by Crippen LogP contribution is 2.30. The molecule has 9 nitrogen and oxygen atoms in total. The summed E-state index contributed by atoms with van der Waals surface area (Å²) in [5, 5.41) is 13.8. The standard InChI is InChI=1S/C19H18N4O5/c1-2-28-19(25)21-12-22-16-9-8-14(23(26)27)10-15(16)18(20-11-17(22)24)13-6-4-3-5-7-13/h3-10H,2,11-12H2,1H3,(H,21,25). The number of benzodiazepines with no additional fused rings is 1. The lowest BCUT2D eigenvalue weighted by Gasteiger charge is -2.23. The minimum absolute atomic E-state index is 0.116. The van der Waals surface area contributed by atoms with Crippen LogP contribution in [0.4, 0.5) is 16.2 Å². The summed E-state index contributed by atoms with van der Waals surface area (Å²) < 4.78 is 4.82. The normalized spacial score (nSPS) is 13.2. The molecule has 0 bridgehead atoms. The van der Waals surface area contributed by atoms with Crippen LogP contribution in [-0.4, -0.2) is 42.5 Å². The molecule has 144 valence electrons. The fourth-order valence-electron chi connectivity index (χ4n) is 2.86. The zero-order chi connectivity index (χ0) is 20.1. The first-order valence-corrected chi connectivity index (χ1v) is 8.61. The third-order valence-corrected chi connectivity index (χ3v) is 4.11. The van der Waals surface area contributed by atoms with Crippen LogP contribution in [0.1, 0.15) is 18.1 Å². The van der Waals surface area contributed by atoms with Crippen molar-refractivity contribution < 1.29 is 19.2 Å². The Labute approximate surface area is 160 Å². The van der Waals surface area contributed by atoms with Gasteiger partial charge in [-0.25, -0.2) is 4.79 Å². The van der Waals surface area contributed by atoms with E-state index in [1.807, 2.05) is 30.3 Å². The lowest BCUT2D eigenvalue weighted by Crippen LogP contribution is -2.42. The van der Waals surface area contributed by atoms with Gasteiger partial charge in [0.2, 0.25) is 5.91 Å². The van der Waals surface area contributed by atoms with E-state index >= 15 is 0 Å². The maximum atomic E-state index is 12.6. The first kappa shape index (κ1) is 19.0. The molecule has 0 atom stereocenters. The van der Waals surface area contributed by atoms with E-state index in [0.29, 0.717) is 17.0 Å². The molecule has 0 saturated heterocycles. The highest BCUT2D eigenvalue weighted by Gasteiger charge is 2.27. The molecule has 0 aromatic heterocycles. The van der Waals surface area contributed by atoms with Crippen LogP contribution in [0.15, 0.2) is 53.5 Å². The number of non-ortho nitro benzene ring substituents is 1. The molecule has 1 aliphatic rings. The van der Waals surface area contributed by atoms with E-state index < -0.39 is 11.0 Å². The Balaban J connectivity index is 2.05. The number of aliphatic imine (C=N–C) groups is 1. The number of fused-ring (bicyclic) bond motifs is 1. The third-order valence-electron chi connectivity index (χ3n) is 4.11. The Bertz CT molecular complexity index is 943. The molecule has 0 saturated carbocycles. The summed E-state index contributed by atoms with van der Waals surface area (Å²) in [6, 6.07) is 13.3. The molecule has 1 N–H and O–H groups in total. The Morgan fingerprint density at radius 3 is 2.71 bits per heavy atom. The maximum absolute atomic E-state index is 12.6. The van der Waals surface area contributed by atoms with Crippen molar-refractivity contribution in [3.05, 3.63) is 69.8 Å². The van der Waals surface area contributed by atoms with Crippen molar-refractivity contribution >= 4 is 29.1 Å². The number of carbonyl (C=O) groups is 2. The van der Waals surface area contributed by atoms with Gasteiger partial charge in [-0.05, 0) is 13.0 Å². The van der Waals surface area contributed by atoms with E-state index in [9.17, 15) is 19.7 Å². The zero-order valence-corrected chi connectivity index (χ0v) is 15.1. The Hall–Kier alpha value is -3.75. The molecule has 2 amide bonds. The summed E-state index contributed by atoms with van der Waals surface area (Å²) in [7, 11) is 0. The van der Waals surface area contributed by atoms with E-state index in [-0.39, 0.29) is 31.4 Å². The van der Waals surface area contributed by atoms with Crippen LogP contribution in [0.25, 0.3) is 0 Å². The van der Waals surface area contributed by atoms with Crippen LogP contribution in [0.3, 0.4) is 0 Å². The second-order valence-electron chi connectivity index (χ2n) is 5.87. The van der Waals surface area contributed by atoms with Crippen LogP contribution in [0.5, 0.6) is 0 Å². The Morgan fingerprint density at radius 1 is 1.29 bits per heavy atom. The van der Waals surface area contributed by atoms with Gasteiger partial charge in [0.25, 0.3) is 5.69 Å². The van der Waals surface area contributed by atoms with Crippen LogP contribution >= 0.6 is 0 Å². The SMILES string of the molecule is CCOC(=O)NCN1C(=O)CN=C(c2ccccc2)c2cc([N+](=O)[O-])ccc21. The van der Waals surface area contributed by atoms with Gasteiger partial charge in [0.15, 0.2) is 0 Å². The molecule has 3 rings (SSSR count). The summed E-state index contributed by atoms with van der Waals surface area (Å²) in [6.45, 7) is 1.58. The van der Waals surface area contributed by atoms with Crippen LogP contribution in [-0.2, 0) is 9.53 Å². The number of benzene rings is 2. The number of ether oxygens (including phenoxy) is 1. The van der Waals surface area contributed by atoms with E-state index in [2.05, 4.69) is 10.3 Å². The van der Waals surface area contributed by atoms with Gasteiger partial charge in [-0.2, -0.15) is 0 Å². The number of hydrogen-bond donors (Lipinski definition) is 1. The van der Waals surface area contributed by atoms with Crippen LogP contribution in [0.2, 0.25) is 0 Å². The minimum Gasteiger partial charge on any atom is -0.450 e. The summed E-state index contributed by atoms with van der Waals surface area (Å²) in [6.07, 6.45) is -0.660. The van der Waals surface area contributed by atoms with Crippen LogP contribution in [0, 0.1) is 10.1 Å². The highest BCUT2D eigenvalue weighted by molar-refractivity contribution is 6.19. The van der Waals surface area contributed by atoms with E-state index in [4.69, 9.17) is 4.74 Å². The van der Waals surface area contributed by atoms with E-state index in [1.165, 1.54) is 23.1 Å². The number of nitrogens with one attached hydrogen (secondary N) is 1. The second kappa shape index (κ2) is 8.30. The van der Waals surface area contributed by atoms with Crippen molar-refractivity contribution in [1.29, 1.82) is 0 Å². The molecule has 28 heavy (non-hydrogen) atoms. The third kappa shape index (κ3) is 3.98. The molecule has 0 spiro atoms. The number of nitrogens with zero attached hydrogens (tertiary/aromatic N) is 3. The number of carbonyl (C=O) groups excluding carboxylic acids is 2. The first-order chi connectivity index (χ1) is 13.5. The predicted octanol–water partition coefficient (Wildman–Crippen LogP) is 2.48. The summed E-state index contributed by atoms with van der Waals surface area (Å²) >= 11 is 0. The summed E-state index contributed by atoms with van der Waals surface area (Å²) in [5.74, 6) is -0.349. The molecule has 0 aliphatic carbocycles. The fraction of sp³-hybridized carbons (Fsp3) is 0.211. The Kier molecular flexibility index (Phi) is 5.64. The highest BCUT2D eigenvalue weighted by atomic mass is 16.6. The number of rotatable bonds is 5. The largest absolute Gasteiger partial charge is 0.450 e. The molecule has 1 aliphatic heterocycles. The number of nitro benzene ring substituents is 1. The number of amides is 2. The van der Waals surface area contributed by atoms with Gasteiger partial charge >= 0.3 is 6.09 Å². The molecule has 1 heterocycles. The molecule has 0 fully saturated rings. The maximum Gasteiger partial charge on any atom is 0.408 e. The second-order valence-corrected chi connectivity index (χ2v) is 5.87. The van der Waals surface area contributed by atoms with Gasteiger partial charge < -0.3 is 10.1 Å². The lowest BCUT2D eigenvalue weighted by atomic mass is 9.99. The fourth-order valence-corrected chi connectivity index (χ4v) is 2.86. The lowest BCUT2D eigenvalue weighted by molar-refractivity contribution is -0.384. The predicted molar refractivity (Wildman–Crippen MR) is 103 cm³/mol. The molecule has 0 unspecified atom stereocenters. The van der Waals surface area contributed by atoms with Crippen LogP contribution < -0.4 is 10.2 Å². The van der Waals surface area contributed by atoms with Crippen molar-refractivity contribution in [2.45, 2.75) is 6.92 Å².